The zero-order valence-electron chi connectivity index (χ0n) is 4.17. The molecule has 0 saturated carbocycles. The van der Waals surface area contributed by atoms with Crippen LogP contribution in [0, 0.1) is 0 Å². The first-order valence-electron chi connectivity index (χ1n) is 2.05. The van der Waals surface area contributed by atoms with Crippen LogP contribution >= 0.6 is 11.6 Å². The van der Waals surface area contributed by atoms with Crippen LogP contribution in [0.25, 0.3) is 0 Å². The average Bonchev–Trinajstić information content (AvgIpc) is 2.13. The van der Waals surface area contributed by atoms with Gasteiger partial charge in [0.05, 0.1) is 0 Å². The fraction of sp³-hybridized carbons (Fsp3) is 0. The zero-order valence-corrected chi connectivity index (χ0v) is 4.92. The maximum absolute atomic E-state index is 10.1. The van der Waals surface area contributed by atoms with Crippen LogP contribution in [0.2, 0.25) is 5.15 Å². The summed E-state index contributed by atoms with van der Waals surface area (Å²) >= 11 is 5.25. The largest absolute Gasteiger partial charge is 0.477 e. The highest BCUT2D eigenvalue weighted by Crippen LogP contribution is 2.11. The molecular formula is C4H2ClNO3. The van der Waals surface area contributed by atoms with E-state index in [-0.39, 0.29) is 10.7 Å². The summed E-state index contributed by atoms with van der Waals surface area (Å²) in [6, 6.07) is 0. The molecule has 0 aromatic carbocycles. The van der Waals surface area contributed by atoms with Gasteiger partial charge in [-0.1, -0.05) is 16.8 Å². The average molecular weight is 148 g/mol. The fourth-order valence-corrected chi connectivity index (χ4v) is 0.527. The minimum absolute atomic E-state index is 0.114. The van der Waals surface area contributed by atoms with Crippen molar-refractivity contribution in [1.29, 1.82) is 0 Å². The van der Waals surface area contributed by atoms with E-state index >= 15 is 0 Å². The second kappa shape index (κ2) is 2.06. The molecule has 48 valence electrons. The van der Waals surface area contributed by atoms with Crippen LogP contribution in [0.1, 0.15) is 10.4 Å². The molecule has 0 atom stereocenters. The predicted octanol–water partition coefficient (Wildman–Crippen LogP) is 1.03. The first-order valence-corrected chi connectivity index (χ1v) is 2.43. The van der Waals surface area contributed by atoms with Gasteiger partial charge in [-0.3, -0.25) is 0 Å². The van der Waals surface area contributed by atoms with Gasteiger partial charge in [0.1, 0.15) is 11.8 Å². The molecule has 0 aliphatic carbocycles. The van der Waals surface area contributed by atoms with Crippen LogP contribution < -0.4 is 0 Å². The molecule has 0 spiro atoms. The third-order valence-electron chi connectivity index (χ3n) is 0.756. The van der Waals surface area contributed by atoms with E-state index in [1.54, 1.807) is 0 Å². The standard InChI is InChI=1S/C4H2ClNO3/c5-3-2(4(7)8)1-9-6-3/h1H,(H,7,8). The van der Waals surface area contributed by atoms with Gasteiger partial charge in [0.25, 0.3) is 0 Å². The third-order valence-corrected chi connectivity index (χ3v) is 1.03. The van der Waals surface area contributed by atoms with E-state index in [1.165, 1.54) is 0 Å². The van der Waals surface area contributed by atoms with Gasteiger partial charge >= 0.3 is 5.97 Å². The van der Waals surface area contributed by atoms with Gasteiger partial charge in [-0.2, -0.15) is 0 Å². The van der Waals surface area contributed by atoms with Crippen molar-refractivity contribution >= 4 is 17.6 Å². The first-order chi connectivity index (χ1) is 4.22. The molecule has 1 rings (SSSR count). The molecule has 1 aromatic heterocycles. The molecule has 1 N–H and O–H groups in total. The van der Waals surface area contributed by atoms with E-state index in [2.05, 4.69) is 9.68 Å². The van der Waals surface area contributed by atoms with E-state index in [1.807, 2.05) is 0 Å². The Labute approximate surface area is 55.0 Å². The van der Waals surface area contributed by atoms with Crippen molar-refractivity contribution < 1.29 is 14.4 Å². The second-order valence-corrected chi connectivity index (χ2v) is 1.68. The zero-order chi connectivity index (χ0) is 6.85. The molecule has 0 bridgehead atoms. The lowest BCUT2D eigenvalue weighted by atomic mass is 10.4. The van der Waals surface area contributed by atoms with Crippen molar-refractivity contribution in [2.75, 3.05) is 0 Å². The van der Waals surface area contributed by atoms with E-state index in [0.717, 1.165) is 6.26 Å². The van der Waals surface area contributed by atoms with Crippen LogP contribution in [-0.2, 0) is 0 Å². The van der Waals surface area contributed by atoms with Gasteiger partial charge in [-0.15, -0.1) is 0 Å². The Balaban J connectivity index is 3.08. The molecule has 1 heterocycles. The lowest BCUT2D eigenvalue weighted by Crippen LogP contribution is -1.93. The molecule has 0 saturated heterocycles. The van der Waals surface area contributed by atoms with Gasteiger partial charge in [-0.05, 0) is 0 Å². The third kappa shape index (κ3) is 1.02. The molecule has 0 aliphatic rings. The molecule has 5 heteroatoms. The quantitative estimate of drug-likeness (QED) is 0.644. The minimum Gasteiger partial charge on any atom is -0.477 e. The molecular weight excluding hydrogens is 146 g/mol. The van der Waals surface area contributed by atoms with Gasteiger partial charge in [0.15, 0.2) is 5.15 Å². The Kier molecular flexibility index (Phi) is 1.40. The summed E-state index contributed by atoms with van der Waals surface area (Å²) in [4.78, 5) is 10.1. The van der Waals surface area contributed by atoms with Crippen molar-refractivity contribution in [2.45, 2.75) is 0 Å². The minimum atomic E-state index is -1.14. The highest BCUT2D eigenvalue weighted by Gasteiger charge is 2.11. The molecule has 0 fully saturated rings. The fourth-order valence-electron chi connectivity index (χ4n) is 0.362. The summed E-state index contributed by atoms with van der Waals surface area (Å²) in [7, 11) is 0. The van der Waals surface area contributed by atoms with Crippen LogP contribution in [0.5, 0.6) is 0 Å². The van der Waals surface area contributed by atoms with E-state index in [0.29, 0.717) is 0 Å². The van der Waals surface area contributed by atoms with Crippen LogP contribution in [0.3, 0.4) is 0 Å². The Morgan fingerprint density at radius 1 is 1.89 bits per heavy atom. The highest BCUT2D eigenvalue weighted by atomic mass is 35.5. The molecule has 0 radical (unpaired) electrons. The van der Waals surface area contributed by atoms with Crippen molar-refractivity contribution in [3.8, 4) is 0 Å². The Morgan fingerprint density at radius 3 is 2.78 bits per heavy atom. The van der Waals surface area contributed by atoms with Crippen LogP contribution in [0.15, 0.2) is 10.8 Å². The molecule has 4 nitrogen and oxygen atoms in total. The number of hydrogen-bond donors (Lipinski definition) is 1. The molecule has 0 aliphatic heterocycles. The number of carbonyl (C=O) groups is 1. The first kappa shape index (κ1) is 6.10. The maximum atomic E-state index is 10.1. The number of aromatic carboxylic acids is 1. The van der Waals surface area contributed by atoms with Crippen molar-refractivity contribution in [3.05, 3.63) is 17.0 Å². The molecule has 1 aromatic rings. The number of carboxylic acids is 1. The summed E-state index contributed by atoms with van der Waals surface area (Å²) in [5.74, 6) is -1.14. The smallest absolute Gasteiger partial charge is 0.342 e. The van der Waals surface area contributed by atoms with Crippen molar-refractivity contribution in [3.63, 3.8) is 0 Å². The molecule has 0 amide bonds. The Bertz CT molecular complexity index is 231. The van der Waals surface area contributed by atoms with Gasteiger partial charge in [-0.25, -0.2) is 4.79 Å². The number of rotatable bonds is 1. The van der Waals surface area contributed by atoms with Crippen LogP contribution in [-0.4, -0.2) is 16.2 Å². The van der Waals surface area contributed by atoms with Crippen LogP contribution in [0.4, 0.5) is 0 Å². The summed E-state index contributed by atoms with van der Waals surface area (Å²) in [6.45, 7) is 0. The molecule has 9 heavy (non-hydrogen) atoms. The Morgan fingerprint density at radius 2 is 2.56 bits per heavy atom. The summed E-state index contributed by atoms with van der Waals surface area (Å²) in [6.07, 6.45) is 0.977. The predicted molar refractivity (Wildman–Crippen MR) is 28.5 cm³/mol. The monoisotopic (exact) mass is 147 g/mol. The SMILES string of the molecule is O=C(O)c1conc1Cl. The maximum Gasteiger partial charge on any atom is 0.342 e. The number of nitrogens with zero attached hydrogens (tertiary/aromatic N) is 1. The lowest BCUT2D eigenvalue weighted by Gasteiger charge is -1.80. The number of carboxylic acid groups (broad SMARTS) is 1. The summed E-state index contributed by atoms with van der Waals surface area (Å²) < 4.78 is 4.24. The summed E-state index contributed by atoms with van der Waals surface area (Å²) in [5.41, 5.74) is -0.114. The summed E-state index contributed by atoms with van der Waals surface area (Å²) in [5, 5.41) is 11.3. The van der Waals surface area contributed by atoms with Gasteiger partial charge < -0.3 is 9.63 Å². The normalized spacial score (nSPS) is 9.44. The van der Waals surface area contributed by atoms with Crippen molar-refractivity contribution in [2.24, 2.45) is 0 Å². The highest BCUT2D eigenvalue weighted by molar-refractivity contribution is 6.32. The molecule has 0 unspecified atom stereocenters. The number of halogens is 1. The lowest BCUT2D eigenvalue weighted by molar-refractivity contribution is 0.0696. The van der Waals surface area contributed by atoms with Gasteiger partial charge in [0, 0.05) is 0 Å². The number of aromatic nitrogens is 1. The van der Waals surface area contributed by atoms with E-state index < -0.39 is 5.97 Å². The topological polar surface area (TPSA) is 63.3 Å². The van der Waals surface area contributed by atoms with Crippen molar-refractivity contribution in [1.82, 2.24) is 5.16 Å². The Hall–Kier alpha value is -1.03. The van der Waals surface area contributed by atoms with E-state index in [9.17, 15) is 4.79 Å². The number of hydrogen-bond acceptors (Lipinski definition) is 3. The van der Waals surface area contributed by atoms with E-state index in [4.69, 9.17) is 16.7 Å². The second-order valence-electron chi connectivity index (χ2n) is 1.32. The van der Waals surface area contributed by atoms with Gasteiger partial charge in [0.2, 0.25) is 0 Å².